The van der Waals surface area contributed by atoms with Gasteiger partial charge in [-0.3, -0.25) is 4.90 Å². The third kappa shape index (κ3) is 4.45. The number of hydrogen-bond donors (Lipinski definition) is 1. The molecule has 7 heteroatoms. The molecule has 0 bridgehead atoms. The maximum atomic E-state index is 10.2. The van der Waals surface area contributed by atoms with Crippen LogP contribution in [-0.2, 0) is 0 Å². The van der Waals surface area contributed by atoms with Gasteiger partial charge in [-0.2, -0.15) is 5.26 Å². The van der Waals surface area contributed by atoms with Crippen molar-refractivity contribution in [1.29, 1.82) is 5.26 Å². The zero-order valence-electron chi connectivity index (χ0n) is 13.3. The second-order valence-corrected chi connectivity index (χ2v) is 6.58. The van der Waals surface area contributed by atoms with Gasteiger partial charge in [-0.25, -0.2) is 4.98 Å². The number of aliphatic hydroxyl groups is 1. The van der Waals surface area contributed by atoms with Gasteiger partial charge in [-0.1, -0.05) is 0 Å². The van der Waals surface area contributed by atoms with E-state index in [1.807, 2.05) is 11.6 Å². The summed E-state index contributed by atoms with van der Waals surface area (Å²) in [6, 6.07) is 8.98. The largest absolute Gasteiger partial charge is 0.491 e. The summed E-state index contributed by atoms with van der Waals surface area (Å²) < 4.78 is 5.58. The number of thiazole rings is 1. The molecule has 0 aliphatic carbocycles. The van der Waals surface area contributed by atoms with Gasteiger partial charge in [-0.05, 0) is 24.3 Å². The summed E-state index contributed by atoms with van der Waals surface area (Å²) in [5.74, 6) is 0.668. The molecule has 1 aromatic carbocycles. The maximum Gasteiger partial charge on any atom is 0.185 e. The molecule has 3 rings (SSSR count). The molecule has 24 heavy (non-hydrogen) atoms. The molecule has 126 valence electrons. The second-order valence-electron chi connectivity index (χ2n) is 5.70. The Morgan fingerprint density at radius 3 is 2.62 bits per heavy atom. The summed E-state index contributed by atoms with van der Waals surface area (Å²) in [7, 11) is 0. The van der Waals surface area contributed by atoms with Crippen LogP contribution in [0.15, 0.2) is 35.8 Å². The van der Waals surface area contributed by atoms with E-state index in [1.54, 1.807) is 35.6 Å². The summed E-state index contributed by atoms with van der Waals surface area (Å²) in [6.07, 6.45) is 1.29. The fraction of sp³-hybridized carbons (Fsp3) is 0.412. The van der Waals surface area contributed by atoms with Gasteiger partial charge in [0.05, 0.1) is 11.6 Å². The van der Waals surface area contributed by atoms with Gasteiger partial charge in [0.1, 0.15) is 18.5 Å². The van der Waals surface area contributed by atoms with E-state index < -0.39 is 6.10 Å². The van der Waals surface area contributed by atoms with E-state index in [0.717, 1.165) is 31.3 Å². The normalized spacial score (nSPS) is 16.6. The number of rotatable bonds is 6. The van der Waals surface area contributed by atoms with E-state index in [-0.39, 0.29) is 6.61 Å². The standard InChI is InChI=1S/C17H20N4O2S/c18-11-14-1-3-16(4-2-14)23-13-15(22)12-20-6-8-21(9-7-20)17-19-5-10-24-17/h1-5,10,15,22H,6-9,12-13H2/t15-/m0/s1. The van der Waals surface area contributed by atoms with Crippen molar-refractivity contribution in [2.45, 2.75) is 6.10 Å². The van der Waals surface area contributed by atoms with Gasteiger partial charge in [-0.15, -0.1) is 11.3 Å². The number of aromatic nitrogens is 1. The molecule has 1 aliphatic rings. The molecule has 2 heterocycles. The molecule has 0 spiro atoms. The fourth-order valence-electron chi connectivity index (χ4n) is 2.66. The lowest BCUT2D eigenvalue weighted by Gasteiger charge is -2.35. The molecule has 1 saturated heterocycles. The first kappa shape index (κ1) is 16.7. The minimum absolute atomic E-state index is 0.249. The molecular formula is C17H20N4O2S. The lowest BCUT2D eigenvalue weighted by molar-refractivity contribution is 0.0663. The van der Waals surface area contributed by atoms with Gasteiger partial charge < -0.3 is 14.7 Å². The fourth-order valence-corrected chi connectivity index (χ4v) is 3.36. The van der Waals surface area contributed by atoms with Crippen molar-refractivity contribution < 1.29 is 9.84 Å². The molecule has 0 amide bonds. The van der Waals surface area contributed by atoms with Gasteiger partial charge >= 0.3 is 0 Å². The first-order chi connectivity index (χ1) is 11.7. The van der Waals surface area contributed by atoms with Crippen molar-refractivity contribution in [1.82, 2.24) is 9.88 Å². The number of nitriles is 1. The van der Waals surface area contributed by atoms with E-state index in [1.165, 1.54) is 0 Å². The average molecular weight is 344 g/mol. The predicted molar refractivity (Wildman–Crippen MR) is 93.4 cm³/mol. The Kier molecular flexibility index (Phi) is 5.64. The number of hydrogen-bond acceptors (Lipinski definition) is 7. The molecule has 2 aromatic rings. The van der Waals surface area contributed by atoms with Crippen LogP contribution in [0.25, 0.3) is 0 Å². The molecular weight excluding hydrogens is 324 g/mol. The van der Waals surface area contributed by atoms with Crippen LogP contribution in [0.3, 0.4) is 0 Å². The summed E-state index contributed by atoms with van der Waals surface area (Å²) in [6.45, 7) is 4.52. The highest BCUT2D eigenvalue weighted by Gasteiger charge is 2.20. The summed E-state index contributed by atoms with van der Waals surface area (Å²) in [5.41, 5.74) is 0.598. The van der Waals surface area contributed by atoms with E-state index in [4.69, 9.17) is 10.00 Å². The number of benzene rings is 1. The van der Waals surface area contributed by atoms with Crippen LogP contribution in [0.4, 0.5) is 5.13 Å². The van der Waals surface area contributed by atoms with Crippen molar-refractivity contribution >= 4 is 16.5 Å². The molecule has 1 aromatic heterocycles. The van der Waals surface area contributed by atoms with Crippen LogP contribution in [0.2, 0.25) is 0 Å². The van der Waals surface area contributed by atoms with E-state index in [2.05, 4.69) is 20.9 Å². The van der Waals surface area contributed by atoms with Gasteiger partial charge in [0.2, 0.25) is 0 Å². The van der Waals surface area contributed by atoms with Gasteiger partial charge in [0.25, 0.3) is 0 Å². The Balaban J connectivity index is 1.39. The van der Waals surface area contributed by atoms with Gasteiger partial charge in [0.15, 0.2) is 5.13 Å². The topological polar surface area (TPSA) is 72.6 Å². The van der Waals surface area contributed by atoms with Crippen LogP contribution in [-0.4, -0.2) is 60.4 Å². The van der Waals surface area contributed by atoms with Crippen LogP contribution in [0, 0.1) is 11.3 Å². The highest BCUT2D eigenvalue weighted by molar-refractivity contribution is 7.13. The minimum atomic E-state index is -0.535. The van der Waals surface area contributed by atoms with Gasteiger partial charge in [0, 0.05) is 44.3 Å². The molecule has 0 saturated carbocycles. The second kappa shape index (κ2) is 8.11. The summed E-state index contributed by atoms with van der Waals surface area (Å²) in [5, 5.41) is 22.0. The first-order valence-electron chi connectivity index (χ1n) is 7.92. The molecule has 1 N–H and O–H groups in total. The minimum Gasteiger partial charge on any atom is -0.491 e. The van der Waals surface area contributed by atoms with Crippen LogP contribution >= 0.6 is 11.3 Å². The average Bonchev–Trinajstić information content (AvgIpc) is 3.16. The summed E-state index contributed by atoms with van der Waals surface area (Å²) >= 11 is 1.66. The molecule has 1 fully saturated rings. The van der Waals surface area contributed by atoms with Crippen molar-refractivity contribution in [3.05, 3.63) is 41.4 Å². The van der Waals surface area contributed by atoms with Crippen LogP contribution < -0.4 is 9.64 Å². The smallest absolute Gasteiger partial charge is 0.185 e. The number of piperazine rings is 1. The molecule has 0 unspecified atom stereocenters. The SMILES string of the molecule is N#Cc1ccc(OC[C@@H](O)CN2CCN(c3nccs3)CC2)cc1. The Morgan fingerprint density at radius 1 is 1.25 bits per heavy atom. The third-order valence-electron chi connectivity index (χ3n) is 3.96. The predicted octanol–water partition coefficient (Wildman–Crippen LogP) is 1.58. The Morgan fingerprint density at radius 2 is 2.00 bits per heavy atom. The van der Waals surface area contributed by atoms with Crippen LogP contribution in [0.1, 0.15) is 5.56 Å². The van der Waals surface area contributed by atoms with Crippen molar-refractivity contribution in [2.24, 2.45) is 0 Å². The molecule has 1 aliphatic heterocycles. The van der Waals surface area contributed by atoms with Crippen molar-refractivity contribution in [3.63, 3.8) is 0 Å². The molecule has 6 nitrogen and oxygen atoms in total. The monoisotopic (exact) mass is 344 g/mol. The Hall–Kier alpha value is -2.14. The maximum absolute atomic E-state index is 10.2. The number of anilines is 1. The quantitative estimate of drug-likeness (QED) is 0.858. The molecule has 1 atom stereocenters. The van der Waals surface area contributed by atoms with E-state index in [9.17, 15) is 5.11 Å². The molecule has 0 radical (unpaired) electrons. The number of β-amino-alcohol motifs (C(OH)–C–C–N with tert-alkyl or cyclic N) is 1. The zero-order chi connectivity index (χ0) is 16.8. The number of ether oxygens (including phenoxy) is 1. The Bertz CT molecular complexity index is 661. The van der Waals surface area contributed by atoms with E-state index >= 15 is 0 Å². The zero-order valence-corrected chi connectivity index (χ0v) is 14.2. The van der Waals surface area contributed by atoms with Crippen LogP contribution in [0.5, 0.6) is 5.75 Å². The number of nitrogens with zero attached hydrogens (tertiary/aromatic N) is 4. The van der Waals surface area contributed by atoms with E-state index in [0.29, 0.717) is 17.9 Å². The third-order valence-corrected chi connectivity index (χ3v) is 4.79. The number of aliphatic hydroxyl groups excluding tert-OH is 1. The first-order valence-corrected chi connectivity index (χ1v) is 8.80. The highest BCUT2D eigenvalue weighted by atomic mass is 32.1. The van der Waals surface area contributed by atoms with Crippen molar-refractivity contribution in [2.75, 3.05) is 44.2 Å². The summed E-state index contributed by atoms with van der Waals surface area (Å²) in [4.78, 5) is 8.86. The Labute approximate surface area is 145 Å². The lowest BCUT2D eigenvalue weighted by atomic mass is 10.2. The lowest BCUT2D eigenvalue weighted by Crippen LogP contribution is -2.49. The highest BCUT2D eigenvalue weighted by Crippen LogP contribution is 2.19. The van der Waals surface area contributed by atoms with Crippen molar-refractivity contribution in [3.8, 4) is 11.8 Å².